The van der Waals surface area contributed by atoms with Crippen LogP contribution in [0, 0.1) is 0 Å². The van der Waals surface area contributed by atoms with Crippen molar-refractivity contribution in [3.05, 3.63) is 31.0 Å². The normalized spacial score (nSPS) is 10.4. The Balaban J connectivity index is 2.08. The van der Waals surface area contributed by atoms with Gasteiger partial charge >= 0.3 is 5.97 Å². The van der Waals surface area contributed by atoms with Crippen molar-refractivity contribution >= 4 is 5.97 Å². The molecule has 2 aromatic heterocycles. The molecule has 0 unspecified atom stereocenters. The molecular formula is C10H11N3O2. The number of nitrogens with one attached hydrogen (secondary N) is 1. The van der Waals surface area contributed by atoms with Crippen LogP contribution < -0.4 is 0 Å². The molecule has 0 aliphatic heterocycles. The molecule has 2 N–H and O–H groups in total. The Morgan fingerprint density at radius 3 is 3.13 bits per heavy atom. The van der Waals surface area contributed by atoms with E-state index in [0.29, 0.717) is 6.54 Å². The molecule has 2 heterocycles. The molecule has 0 amide bonds. The summed E-state index contributed by atoms with van der Waals surface area (Å²) in [6.07, 6.45) is 7.27. The average Bonchev–Trinajstić information content (AvgIpc) is 2.85. The average molecular weight is 205 g/mol. The van der Waals surface area contributed by atoms with Crippen molar-refractivity contribution in [3.8, 4) is 11.3 Å². The fourth-order valence-corrected chi connectivity index (χ4v) is 1.34. The first-order chi connectivity index (χ1) is 7.25. The summed E-state index contributed by atoms with van der Waals surface area (Å²) < 4.78 is 1.77. The van der Waals surface area contributed by atoms with E-state index in [1.54, 1.807) is 10.9 Å². The van der Waals surface area contributed by atoms with Crippen molar-refractivity contribution < 1.29 is 9.90 Å². The second-order valence-corrected chi connectivity index (χ2v) is 3.24. The molecule has 0 aromatic carbocycles. The third-order valence-electron chi connectivity index (χ3n) is 2.11. The second-order valence-electron chi connectivity index (χ2n) is 3.24. The molecule has 2 rings (SSSR count). The highest BCUT2D eigenvalue weighted by Gasteiger charge is 2.03. The van der Waals surface area contributed by atoms with E-state index in [1.165, 1.54) is 0 Å². The molecule has 0 bridgehead atoms. The van der Waals surface area contributed by atoms with Crippen molar-refractivity contribution in [2.45, 2.75) is 13.0 Å². The lowest BCUT2D eigenvalue weighted by molar-refractivity contribution is -0.137. The Labute approximate surface area is 86.4 Å². The number of aryl methyl sites for hydroxylation is 1. The highest BCUT2D eigenvalue weighted by molar-refractivity contribution is 5.66. The molecule has 0 saturated carbocycles. The Morgan fingerprint density at radius 2 is 2.47 bits per heavy atom. The van der Waals surface area contributed by atoms with E-state index in [1.807, 2.05) is 24.7 Å². The summed E-state index contributed by atoms with van der Waals surface area (Å²) in [5.74, 6) is -0.799. The first kappa shape index (κ1) is 9.51. The van der Waals surface area contributed by atoms with Crippen LogP contribution in [0.25, 0.3) is 11.3 Å². The summed E-state index contributed by atoms with van der Waals surface area (Å²) in [4.78, 5) is 17.5. The number of hydrogen-bond acceptors (Lipinski definition) is 2. The summed E-state index contributed by atoms with van der Waals surface area (Å²) in [6.45, 7) is 0.451. The zero-order valence-electron chi connectivity index (χ0n) is 8.05. The van der Waals surface area contributed by atoms with Gasteiger partial charge in [-0.15, -0.1) is 0 Å². The van der Waals surface area contributed by atoms with Crippen molar-refractivity contribution in [3.63, 3.8) is 0 Å². The largest absolute Gasteiger partial charge is 0.481 e. The predicted octanol–water partition coefficient (Wildman–Crippen LogP) is 1.35. The van der Waals surface area contributed by atoms with E-state index in [4.69, 9.17) is 5.11 Å². The third kappa shape index (κ3) is 2.25. The molecule has 0 aliphatic rings. The summed E-state index contributed by atoms with van der Waals surface area (Å²) in [6, 6.07) is 1.92. The number of aromatic nitrogens is 3. The first-order valence-corrected chi connectivity index (χ1v) is 4.62. The number of rotatable bonds is 4. The van der Waals surface area contributed by atoms with Crippen LogP contribution in [-0.4, -0.2) is 25.6 Å². The van der Waals surface area contributed by atoms with E-state index in [0.717, 1.165) is 11.3 Å². The lowest BCUT2D eigenvalue weighted by Crippen LogP contribution is -2.02. The Bertz CT molecular complexity index is 445. The standard InChI is InChI=1S/C10H11N3O2/c14-10(15)2-4-13-6-9(12-7-13)8-1-3-11-5-8/h1,3,5-7,11H,2,4H2,(H,14,15). The molecule has 5 nitrogen and oxygen atoms in total. The van der Waals surface area contributed by atoms with Gasteiger partial charge in [0.05, 0.1) is 18.4 Å². The number of imidazole rings is 1. The summed E-state index contributed by atoms with van der Waals surface area (Å²) in [5, 5.41) is 8.53. The number of carboxylic acid groups (broad SMARTS) is 1. The fraction of sp³-hybridized carbons (Fsp3) is 0.200. The topological polar surface area (TPSA) is 70.9 Å². The van der Waals surface area contributed by atoms with Gasteiger partial charge in [-0.1, -0.05) is 0 Å². The van der Waals surface area contributed by atoms with Gasteiger partial charge in [0.2, 0.25) is 0 Å². The van der Waals surface area contributed by atoms with Gasteiger partial charge in [0.1, 0.15) is 0 Å². The number of aliphatic carboxylic acids is 1. The van der Waals surface area contributed by atoms with E-state index in [9.17, 15) is 4.79 Å². The first-order valence-electron chi connectivity index (χ1n) is 4.62. The lowest BCUT2D eigenvalue weighted by Gasteiger charge is -1.96. The maximum absolute atomic E-state index is 10.4. The molecule has 5 heteroatoms. The number of H-pyrrole nitrogens is 1. The Morgan fingerprint density at radius 1 is 1.60 bits per heavy atom. The van der Waals surface area contributed by atoms with Gasteiger partial charge in [0.15, 0.2) is 0 Å². The molecule has 0 aliphatic carbocycles. The quantitative estimate of drug-likeness (QED) is 0.791. The van der Waals surface area contributed by atoms with Gasteiger partial charge in [0.25, 0.3) is 0 Å². The summed E-state index contributed by atoms with van der Waals surface area (Å²) >= 11 is 0. The molecule has 0 saturated heterocycles. The highest BCUT2D eigenvalue weighted by atomic mass is 16.4. The van der Waals surface area contributed by atoms with Crippen LogP contribution in [0.2, 0.25) is 0 Å². The summed E-state index contributed by atoms with van der Waals surface area (Å²) in [7, 11) is 0. The minimum absolute atomic E-state index is 0.114. The summed E-state index contributed by atoms with van der Waals surface area (Å²) in [5.41, 5.74) is 1.85. The van der Waals surface area contributed by atoms with Gasteiger partial charge in [0, 0.05) is 30.7 Å². The van der Waals surface area contributed by atoms with Gasteiger partial charge < -0.3 is 14.7 Å². The van der Waals surface area contributed by atoms with Crippen LogP contribution in [0.4, 0.5) is 0 Å². The van der Waals surface area contributed by atoms with Crippen LogP contribution in [0.15, 0.2) is 31.0 Å². The monoisotopic (exact) mass is 205 g/mol. The van der Waals surface area contributed by atoms with Crippen LogP contribution in [0.5, 0.6) is 0 Å². The van der Waals surface area contributed by atoms with Crippen molar-refractivity contribution in [2.24, 2.45) is 0 Å². The van der Waals surface area contributed by atoms with Gasteiger partial charge in [-0.05, 0) is 6.07 Å². The Hall–Kier alpha value is -2.04. The number of hydrogen-bond donors (Lipinski definition) is 2. The fourth-order valence-electron chi connectivity index (χ4n) is 1.34. The molecular weight excluding hydrogens is 194 g/mol. The maximum Gasteiger partial charge on any atom is 0.305 e. The van der Waals surface area contributed by atoms with E-state index in [-0.39, 0.29) is 6.42 Å². The minimum Gasteiger partial charge on any atom is -0.481 e. The van der Waals surface area contributed by atoms with E-state index in [2.05, 4.69) is 9.97 Å². The van der Waals surface area contributed by atoms with Crippen LogP contribution in [-0.2, 0) is 11.3 Å². The van der Waals surface area contributed by atoms with Crippen molar-refractivity contribution in [2.75, 3.05) is 0 Å². The van der Waals surface area contributed by atoms with Crippen molar-refractivity contribution in [1.29, 1.82) is 0 Å². The lowest BCUT2D eigenvalue weighted by atomic mass is 10.3. The zero-order chi connectivity index (χ0) is 10.7. The number of nitrogens with zero attached hydrogens (tertiary/aromatic N) is 2. The van der Waals surface area contributed by atoms with Crippen LogP contribution in [0.1, 0.15) is 6.42 Å². The molecule has 0 spiro atoms. The predicted molar refractivity (Wildman–Crippen MR) is 54.3 cm³/mol. The Kier molecular flexibility index (Phi) is 2.53. The molecule has 0 fully saturated rings. The number of carboxylic acids is 1. The smallest absolute Gasteiger partial charge is 0.305 e. The van der Waals surface area contributed by atoms with E-state index >= 15 is 0 Å². The van der Waals surface area contributed by atoms with Crippen LogP contribution >= 0.6 is 0 Å². The van der Waals surface area contributed by atoms with Gasteiger partial charge in [-0.2, -0.15) is 0 Å². The van der Waals surface area contributed by atoms with Gasteiger partial charge in [-0.25, -0.2) is 4.98 Å². The molecule has 78 valence electrons. The molecule has 15 heavy (non-hydrogen) atoms. The molecule has 0 radical (unpaired) electrons. The SMILES string of the molecule is O=C(O)CCn1cnc(-c2cc[nH]c2)c1. The van der Waals surface area contributed by atoms with Crippen LogP contribution in [0.3, 0.4) is 0 Å². The molecule has 2 aromatic rings. The number of carbonyl (C=O) groups is 1. The number of aromatic amines is 1. The zero-order valence-corrected chi connectivity index (χ0v) is 8.05. The molecule has 0 atom stereocenters. The minimum atomic E-state index is -0.799. The third-order valence-corrected chi connectivity index (χ3v) is 2.11. The van der Waals surface area contributed by atoms with Crippen molar-refractivity contribution in [1.82, 2.24) is 14.5 Å². The van der Waals surface area contributed by atoms with E-state index < -0.39 is 5.97 Å². The maximum atomic E-state index is 10.4. The highest BCUT2D eigenvalue weighted by Crippen LogP contribution is 2.15. The van der Waals surface area contributed by atoms with Gasteiger partial charge in [-0.3, -0.25) is 4.79 Å². The second kappa shape index (κ2) is 4.00.